The van der Waals surface area contributed by atoms with Crippen molar-refractivity contribution in [3.63, 3.8) is 0 Å². The van der Waals surface area contributed by atoms with E-state index in [0.717, 1.165) is 12.8 Å². The first-order chi connectivity index (χ1) is 13.7. The van der Waals surface area contributed by atoms with Gasteiger partial charge in [-0.2, -0.15) is 0 Å². The van der Waals surface area contributed by atoms with Gasteiger partial charge in [-0.3, -0.25) is 0 Å². The summed E-state index contributed by atoms with van der Waals surface area (Å²) in [5.74, 6) is 1.42. The number of para-hydroxylation sites is 2. The molecular weight excluding hydrogens is 360 g/mol. The molecule has 0 amide bonds. The maximum absolute atomic E-state index is 5.77. The predicted octanol–water partition coefficient (Wildman–Crippen LogP) is 4.11. The van der Waals surface area contributed by atoms with Crippen LogP contribution in [0.4, 0.5) is 0 Å². The van der Waals surface area contributed by atoms with Gasteiger partial charge >= 0.3 is 0 Å². The van der Waals surface area contributed by atoms with Crippen LogP contribution in [0.2, 0.25) is 0 Å². The largest absolute Gasteiger partial charge is 0.487 e. The van der Waals surface area contributed by atoms with E-state index in [0.29, 0.717) is 64.4 Å². The number of hydrogen-bond acceptors (Lipinski definition) is 6. The lowest BCUT2D eigenvalue weighted by molar-refractivity contribution is 0.00323. The first-order valence-electron chi connectivity index (χ1n) is 10.4. The van der Waals surface area contributed by atoms with Crippen LogP contribution < -0.4 is 9.47 Å². The zero-order valence-electron chi connectivity index (χ0n) is 18.0. The lowest BCUT2D eigenvalue weighted by atomic mass is 10.3. The first kappa shape index (κ1) is 24.7. The van der Waals surface area contributed by atoms with Crippen molar-refractivity contribution in [3.8, 4) is 11.5 Å². The van der Waals surface area contributed by atoms with Crippen molar-refractivity contribution in [3.05, 3.63) is 24.3 Å². The average molecular weight is 399 g/mol. The van der Waals surface area contributed by atoms with Crippen LogP contribution in [0, 0.1) is 0 Å². The summed E-state index contributed by atoms with van der Waals surface area (Å²) in [6, 6.07) is 7.63. The van der Waals surface area contributed by atoms with Gasteiger partial charge in [-0.1, -0.05) is 26.0 Å². The lowest BCUT2D eigenvalue weighted by Gasteiger charge is -2.14. The highest BCUT2D eigenvalue weighted by atomic mass is 16.6. The highest BCUT2D eigenvalue weighted by Gasteiger charge is 2.05. The topological polar surface area (TPSA) is 55.4 Å². The summed E-state index contributed by atoms with van der Waals surface area (Å²) in [5.41, 5.74) is 0. The van der Waals surface area contributed by atoms with Crippen LogP contribution in [0.15, 0.2) is 24.3 Å². The fourth-order valence-corrected chi connectivity index (χ4v) is 2.17. The molecule has 6 nitrogen and oxygen atoms in total. The SMILES string of the molecule is CCC(C)OCCOCCOc1ccccc1OCCOCCOC(C)CC. The molecule has 0 aliphatic rings. The third kappa shape index (κ3) is 12.2. The Morgan fingerprint density at radius 3 is 1.39 bits per heavy atom. The van der Waals surface area contributed by atoms with E-state index in [2.05, 4.69) is 27.7 Å². The molecule has 0 aromatic heterocycles. The summed E-state index contributed by atoms with van der Waals surface area (Å²) in [4.78, 5) is 0. The third-order valence-corrected chi connectivity index (χ3v) is 4.23. The van der Waals surface area contributed by atoms with Gasteiger partial charge in [0.05, 0.1) is 51.8 Å². The summed E-state index contributed by atoms with van der Waals surface area (Å²) < 4.78 is 33.7. The van der Waals surface area contributed by atoms with Gasteiger partial charge in [-0.05, 0) is 38.8 Å². The van der Waals surface area contributed by atoms with E-state index in [1.54, 1.807) is 0 Å². The minimum Gasteiger partial charge on any atom is -0.487 e. The molecule has 6 heteroatoms. The highest BCUT2D eigenvalue weighted by molar-refractivity contribution is 5.39. The van der Waals surface area contributed by atoms with E-state index in [1.165, 1.54) is 0 Å². The fourth-order valence-electron chi connectivity index (χ4n) is 2.17. The Hall–Kier alpha value is -1.34. The summed E-state index contributed by atoms with van der Waals surface area (Å²) in [6.45, 7) is 12.6. The van der Waals surface area contributed by atoms with Gasteiger partial charge in [-0.15, -0.1) is 0 Å². The Bertz CT molecular complexity index is 439. The van der Waals surface area contributed by atoms with E-state index >= 15 is 0 Å². The van der Waals surface area contributed by atoms with Crippen molar-refractivity contribution >= 4 is 0 Å². The monoisotopic (exact) mass is 398 g/mol. The minimum absolute atomic E-state index is 0.278. The Morgan fingerprint density at radius 2 is 1.00 bits per heavy atom. The van der Waals surface area contributed by atoms with Crippen molar-refractivity contribution in [2.45, 2.75) is 52.7 Å². The fraction of sp³-hybridized carbons (Fsp3) is 0.727. The molecule has 0 bridgehead atoms. The van der Waals surface area contributed by atoms with E-state index in [4.69, 9.17) is 28.4 Å². The first-order valence-corrected chi connectivity index (χ1v) is 10.4. The highest BCUT2D eigenvalue weighted by Crippen LogP contribution is 2.26. The minimum atomic E-state index is 0.278. The normalized spacial score (nSPS) is 13.3. The van der Waals surface area contributed by atoms with Gasteiger partial charge < -0.3 is 28.4 Å². The van der Waals surface area contributed by atoms with Gasteiger partial charge in [0.15, 0.2) is 11.5 Å². The maximum atomic E-state index is 5.77. The zero-order chi connectivity index (χ0) is 20.5. The van der Waals surface area contributed by atoms with E-state index in [9.17, 15) is 0 Å². The van der Waals surface area contributed by atoms with Gasteiger partial charge in [0, 0.05) is 0 Å². The standard InChI is InChI=1S/C22H38O6/c1-5-19(3)25-15-11-23-13-17-27-21-9-7-8-10-22(21)28-18-14-24-12-16-26-20(4)6-2/h7-10,19-20H,5-6,11-18H2,1-4H3. The molecule has 0 heterocycles. The Balaban J connectivity index is 2.12. The van der Waals surface area contributed by atoms with Crippen molar-refractivity contribution in [2.24, 2.45) is 0 Å². The molecule has 0 spiro atoms. The Labute approximate surface area is 170 Å². The molecule has 162 valence electrons. The Kier molecular flexibility index (Phi) is 14.6. The van der Waals surface area contributed by atoms with E-state index < -0.39 is 0 Å². The van der Waals surface area contributed by atoms with Crippen molar-refractivity contribution in [2.75, 3.05) is 52.9 Å². The number of ether oxygens (including phenoxy) is 6. The lowest BCUT2D eigenvalue weighted by Crippen LogP contribution is -2.15. The summed E-state index contributed by atoms with van der Waals surface area (Å²) >= 11 is 0. The molecule has 28 heavy (non-hydrogen) atoms. The maximum Gasteiger partial charge on any atom is 0.161 e. The van der Waals surface area contributed by atoms with Crippen molar-refractivity contribution < 1.29 is 28.4 Å². The molecule has 1 rings (SSSR count). The van der Waals surface area contributed by atoms with Crippen molar-refractivity contribution in [1.82, 2.24) is 0 Å². The van der Waals surface area contributed by atoms with Crippen LogP contribution in [0.3, 0.4) is 0 Å². The molecule has 2 unspecified atom stereocenters. The van der Waals surface area contributed by atoms with Crippen LogP contribution in [-0.2, 0) is 18.9 Å². The molecule has 1 aromatic rings. The molecule has 0 fully saturated rings. The molecular formula is C22H38O6. The van der Waals surface area contributed by atoms with Crippen LogP contribution >= 0.6 is 0 Å². The molecule has 0 radical (unpaired) electrons. The van der Waals surface area contributed by atoms with Crippen molar-refractivity contribution in [1.29, 1.82) is 0 Å². The zero-order valence-corrected chi connectivity index (χ0v) is 18.0. The number of hydrogen-bond donors (Lipinski definition) is 0. The molecule has 0 saturated heterocycles. The van der Waals surface area contributed by atoms with Crippen LogP contribution in [0.25, 0.3) is 0 Å². The van der Waals surface area contributed by atoms with Crippen LogP contribution in [-0.4, -0.2) is 65.1 Å². The van der Waals surface area contributed by atoms with Crippen LogP contribution in [0.5, 0.6) is 11.5 Å². The van der Waals surface area contributed by atoms with E-state index in [1.807, 2.05) is 24.3 Å². The van der Waals surface area contributed by atoms with Gasteiger partial charge in [-0.25, -0.2) is 0 Å². The second-order valence-electron chi connectivity index (χ2n) is 6.55. The predicted molar refractivity (Wildman–Crippen MR) is 110 cm³/mol. The summed E-state index contributed by atoms with van der Waals surface area (Å²) in [5, 5.41) is 0. The number of benzene rings is 1. The quantitative estimate of drug-likeness (QED) is 0.347. The molecule has 0 aliphatic carbocycles. The Morgan fingerprint density at radius 1 is 0.607 bits per heavy atom. The van der Waals surface area contributed by atoms with E-state index in [-0.39, 0.29) is 12.2 Å². The van der Waals surface area contributed by atoms with Gasteiger partial charge in [0.2, 0.25) is 0 Å². The average Bonchev–Trinajstić information content (AvgIpc) is 2.72. The van der Waals surface area contributed by atoms with Gasteiger partial charge in [0.25, 0.3) is 0 Å². The smallest absolute Gasteiger partial charge is 0.161 e. The third-order valence-electron chi connectivity index (χ3n) is 4.23. The second kappa shape index (κ2) is 16.6. The molecule has 2 atom stereocenters. The molecule has 0 saturated carbocycles. The molecule has 0 N–H and O–H groups in total. The summed E-state index contributed by atoms with van der Waals surface area (Å²) in [6.07, 6.45) is 2.58. The molecule has 0 aliphatic heterocycles. The second-order valence-corrected chi connectivity index (χ2v) is 6.55. The number of rotatable bonds is 18. The molecule has 1 aromatic carbocycles. The van der Waals surface area contributed by atoms with Gasteiger partial charge in [0.1, 0.15) is 13.2 Å². The summed E-state index contributed by atoms with van der Waals surface area (Å²) in [7, 11) is 0. The van der Waals surface area contributed by atoms with Crippen LogP contribution in [0.1, 0.15) is 40.5 Å².